The summed E-state index contributed by atoms with van der Waals surface area (Å²) in [6.45, 7) is 4.98. The molecular weight excluding hydrogens is 390 g/mol. The van der Waals surface area contributed by atoms with Crippen molar-refractivity contribution in [3.63, 3.8) is 0 Å². The van der Waals surface area contributed by atoms with Crippen molar-refractivity contribution in [3.8, 4) is 11.5 Å². The Morgan fingerprint density at radius 3 is 2.37 bits per heavy atom. The molecule has 1 saturated heterocycles. The van der Waals surface area contributed by atoms with E-state index in [1.54, 1.807) is 46.1 Å². The Labute approximate surface area is 176 Å². The van der Waals surface area contributed by atoms with Gasteiger partial charge in [-0.1, -0.05) is 6.07 Å². The number of carboxylic acid groups (broad SMARTS) is 1. The molecule has 8 heteroatoms. The summed E-state index contributed by atoms with van der Waals surface area (Å²) in [6.07, 6.45) is 3.17. The molecule has 1 heterocycles. The van der Waals surface area contributed by atoms with Gasteiger partial charge in [-0.3, -0.25) is 4.79 Å². The van der Waals surface area contributed by atoms with Crippen molar-refractivity contribution < 1.29 is 33.7 Å². The summed E-state index contributed by atoms with van der Waals surface area (Å²) in [6, 6.07) is 3.80. The normalized spacial score (nSPS) is 22.3. The van der Waals surface area contributed by atoms with Gasteiger partial charge in [-0.25, -0.2) is 14.5 Å². The number of hydrogen-bond donors (Lipinski definition) is 1. The lowest BCUT2D eigenvalue weighted by Crippen LogP contribution is -2.46. The molecule has 2 fully saturated rings. The van der Waals surface area contributed by atoms with Crippen LogP contribution < -0.4 is 9.47 Å². The Morgan fingerprint density at radius 2 is 1.80 bits per heavy atom. The van der Waals surface area contributed by atoms with E-state index in [-0.39, 0.29) is 12.5 Å². The zero-order valence-corrected chi connectivity index (χ0v) is 17.8. The maximum absolute atomic E-state index is 12.6. The standard InChI is InChI=1S/C22H29NO7/c1-22(2,3)30-21(27)23-18(24)12-15(19(23)20(25)26)13-9-10-16(28-4)17(11-13)29-14-7-5-6-8-14/h9-11,14-15,19H,5-8,12H2,1-4H3,(H,25,26)/t15-,19+/m1/s1. The molecule has 1 aliphatic heterocycles. The van der Waals surface area contributed by atoms with Gasteiger partial charge in [0.2, 0.25) is 5.91 Å². The van der Waals surface area contributed by atoms with Gasteiger partial charge in [0.25, 0.3) is 0 Å². The number of likely N-dealkylation sites (tertiary alicyclic amines) is 1. The summed E-state index contributed by atoms with van der Waals surface area (Å²) < 4.78 is 16.8. The second-order valence-electron chi connectivity index (χ2n) is 8.77. The molecule has 0 spiro atoms. The lowest BCUT2D eigenvalue weighted by atomic mass is 9.91. The first-order valence-electron chi connectivity index (χ1n) is 10.2. The Hall–Kier alpha value is -2.77. The maximum Gasteiger partial charge on any atom is 0.417 e. The Morgan fingerprint density at radius 1 is 1.13 bits per heavy atom. The van der Waals surface area contributed by atoms with Gasteiger partial charge in [0.1, 0.15) is 11.6 Å². The number of carboxylic acids is 1. The molecule has 1 N–H and O–H groups in total. The van der Waals surface area contributed by atoms with Crippen molar-refractivity contribution in [1.29, 1.82) is 0 Å². The SMILES string of the molecule is COc1ccc([C@H]2CC(=O)N(C(=O)OC(C)(C)C)[C@@H]2C(=O)O)cc1OC1CCCC1. The van der Waals surface area contributed by atoms with Crippen LogP contribution in [0.2, 0.25) is 0 Å². The molecular formula is C22H29NO7. The predicted octanol–water partition coefficient (Wildman–Crippen LogP) is 3.72. The zero-order chi connectivity index (χ0) is 22.1. The second kappa shape index (κ2) is 8.53. The first-order valence-corrected chi connectivity index (χ1v) is 10.2. The van der Waals surface area contributed by atoms with E-state index in [9.17, 15) is 19.5 Å². The third kappa shape index (κ3) is 4.68. The minimum atomic E-state index is -1.35. The minimum Gasteiger partial charge on any atom is -0.493 e. The quantitative estimate of drug-likeness (QED) is 0.776. The Balaban J connectivity index is 1.90. The first kappa shape index (κ1) is 21.9. The second-order valence-corrected chi connectivity index (χ2v) is 8.77. The third-order valence-corrected chi connectivity index (χ3v) is 5.38. The number of carbonyl (C=O) groups is 3. The molecule has 164 valence electrons. The molecule has 2 atom stereocenters. The third-order valence-electron chi connectivity index (χ3n) is 5.38. The number of imide groups is 1. The van der Waals surface area contributed by atoms with Crippen LogP contribution in [0.5, 0.6) is 11.5 Å². The molecule has 0 aromatic heterocycles. The van der Waals surface area contributed by atoms with Gasteiger partial charge < -0.3 is 19.3 Å². The van der Waals surface area contributed by atoms with Gasteiger partial charge >= 0.3 is 12.1 Å². The lowest BCUT2D eigenvalue weighted by molar-refractivity contribution is -0.146. The topological polar surface area (TPSA) is 102 Å². The predicted molar refractivity (Wildman–Crippen MR) is 108 cm³/mol. The monoisotopic (exact) mass is 419 g/mol. The molecule has 1 saturated carbocycles. The highest BCUT2D eigenvalue weighted by Crippen LogP contribution is 2.40. The smallest absolute Gasteiger partial charge is 0.417 e. The van der Waals surface area contributed by atoms with Crippen molar-refractivity contribution in [2.75, 3.05) is 7.11 Å². The van der Waals surface area contributed by atoms with Crippen LogP contribution in [-0.2, 0) is 14.3 Å². The maximum atomic E-state index is 12.6. The number of methoxy groups -OCH3 is 1. The summed E-state index contributed by atoms with van der Waals surface area (Å²) >= 11 is 0. The summed E-state index contributed by atoms with van der Waals surface area (Å²) in [5.74, 6) is -1.47. The molecule has 1 aliphatic carbocycles. The number of amides is 2. The fourth-order valence-corrected chi connectivity index (χ4v) is 4.04. The lowest BCUT2D eigenvalue weighted by Gasteiger charge is -2.27. The van der Waals surface area contributed by atoms with Crippen LogP contribution in [0.4, 0.5) is 4.79 Å². The van der Waals surface area contributed by atoms with Crippen LogP contribution in [0, 0.1) is 0 Å². The van der Waals surface area contributed by atoms with Gasteiger partial charge in [0, 0.05) is 12.3 Å². The van der Waals surface area contributed by atoms with Crippen molar-refractivity contribution in [2.45, 2.75) is 76.5 Å². The van der Waals surface area contributed by atoms with Crippen LogP contribution in [0.25, 0.3) is 0 Å². The summed E-state index contributed by atoms with van der Waals surface area (Å²) in [7, 11) is 1.54. The summed E-state index contributed by atoms with van der Waals surface area (Å²) in [5, 5.41) is 9.82. The van der Waals surface area contributed by atoms with Crippen LogP contribution in [0.3, 0.4) is 0 Å². The van der Waals surface area contributed by atoms with Gasteiger partial charge in [0.15, 0.2) is 11.5 Å². The van der Waals surface area contributed by atoms with Gasteiger partial charge in [0.05, 0.1) is 13.2 Å². The van der Waals surface area contributed by atoms with E-state index in [1.807, 2.05) is 0 Å². The fourth-order valence-electron chi connectivity index (χ4n) is 4.04. The molecule has 1 aromatic rings. The average molecular weight is 419 g/mol. The highest BCUT2D eigenvalue weighted by Gasteiger charge is 2.49. The average Bonchev–Trinajstić information content (AvgIpc) is 3.27. The van der Waals surface area contributed by atoms with E-state index in [4.69, 9.17) is 14.2 Å². The van der Waals surface area contributed by atoms with Gasteiger partial charge in [-0.05, 0) is 64.2 Å². The highest BCUT2D eigenvalue weighted by molar-refractivity contribution is 6.00. The van der Waals surface area contributed by atoms with Crippen LogP contribution in [0.1, 0.15) is 64.4 Å². The molecule has 8 nitrogen and oxygen atoms in total. The minimum absolute atomic E-state index is 0.0906. The Bertz CT molecular complexity index is 823. The number of aliphatic carboxylic acids is 1. The molecule has 2 aliphatic rings. The van der Waals surface area contributed by atoms with Crippen molar-refractivity contribution in [2.24, 2.45) is 0 Å². The largest absolute Gasteiger partial charge is 0.493 e. The van der Waals surface area contributed by atoms with Crippen LogP contribution in [0.15, 0.2) is 18.2 Å². The van der Waals surface area contributed by atoms with Crippen molar-refractivity contribution in [1.82, 2.24) is 4.90 Å². The van der Waals surface area contributed by atoms with E-state index >= 15 is 0 Å². The highest BCUT2D eigenvalue weighted by atomic mass is 16.6. The molecule has 1 aromatic carbocycles. The summed E-state index contributed by atoms with van der Waals surface area (Å²) in [5.41, 5.74) is -0.239. The van der Waals surface area contributed by atoms with Gasteiger partial charge in [-0.2, -0.15) is 0 Å². The Kier molecular flexibility index (Phi) is 6.24. The molecule has 0 radical (unpaired) electrons. The molecule has 2 amide bonds. The van der Waals surface area contributed by atoms with E-state index < -0.39 is 35.5 Å². The first-order chi connectivity index (χ1) is 14.1. The summed E-state index contributed by atoms with van der Waals surface area (Å²) in [4.78, 5) is 37.9. The fraction of sp³-hybridized carbons (Fsp3) is 0.591. The number of carbonyl (C=O) groups excluding carboxylic acids is 2. The number of ether oxygens (including phenoxy) is 3. The van der Waals surface area contributed by atoms with E-state index in [1.165, 1.54) is 0 Å². The van der Waals surface area contributed by atoms with Gasteiger partial charge in [-0.15, -0.1) is 0 Å². The number of nitrogens with zero attached hydrogens (tertiary/aromatic N) is 1. The van der Waals surface area contributed by atoms with Crippen LogP contribution in [-0.4, -0.2) is 52.8 Å². The van der Waals surface area contributed by atoms with Crippen molar-refractivity contribution in [3.05, 3.63) is 23.8 Å². The van der Waals surface area contributed by atoms with Crippen LogP contribution >= 0.6 is 0 Å². The zero-order valence-electron chi connectivity index (χ0n) is 17.8. The van der Waals surface area contributed by atoms with E-state index in [2.05, 4.69) is 0 Å². The molecule has 3 rings (SSSR count). The van der Waals surface area contributed by atoms with Crippen molar-refractivity contribution >= 4 is 18.0 Å². The van der Waals surface area contributed by atoms with E-state index in [0.29, 0.717) is 17.1 Å². The number of benzene rings is 1. The van der Waals surface area contributed by atoms with E-state index in [0.717, 1.165) is 30.6 Å². The molecule has 0 bridgehead atoms. The molecule has 0 unspecified atom stereocenters. The molecule has 30 heavy (non-hydrogen) atoms. The number of rotatable bonds is 5. The number of hydrogen-bond acceptors (Lipinski definition) is 6.